The number of benzene rings is 1. The van der Waals surface area contributed by atoms with E-state index in [1.54, 1.807) is 6.26 Å². The summed E-state index contributed by atoms with van der Waals surface area (Å²) in [5.74, 6) is 0.859. The molecule has 2 heteroatoms. The maximum Gasteiger partial charge on any atom is -0.109 e. The van der Waals surface area contributed by atoms with Crippen LogP contribution in [0.3, 0.4) is 0 Å². The van der Waals surface area contributed by atoms with Gasteiger partial charge in [-0.1, -0.05) is 30.4 Å². The van der Waals surface area contributed by atoms with Crippen molar-refractivity contribution < 1.29 is 24.7 Å². The van der Waals surface area contributed by atoms with E-state index in [4.69, 9.17) is 4.74 Å². The molecule has 0 amide bonds. The molecule has 0 bridgehead atoms. The number of hydrogen-bond acceptors (Lipinski definition) is 1. The van der Waals surface area contributed by atoms with Crippen molar-refractivity contribution in [1.29, 1.82) is 0 Å². The second kappa shape index (κ2) is 15.0. The van der Waals surface area contributed by atoms with E-state index in [2.05, 4.69) is 46.0 Å². The molecule has 0 radical (unpaired) electrons. The molecule has 109 valence electrons. The van der Waals surface area contributed by atoms with Gasteiger partial charge in [0.05, 0.1) is 6.26 Å². The molecule has 0 unspecified atom stereocenters. The molecule has 0 heterocycles. The Labute approximate surface area is 140 Å². The van der Waals surface area contributed by atoms with Gasteiger partial charge in [0.2, 0.25) is 0 Å². The normalized spacial score (nSPS) is 11.9. The van der Waals surface area contributed by atoms with Crippen LogP contribution in [-0.4, -0.2) is 3.81 Å². The summed E-state index contributed by atoms with van der Waals surface area (Å²) in [6.07, 6.45) is 17.4. The Morgan fingerprint density at radius 2 is 1.86 bits per heavy atom. The summed E-state index contributed by atoms with van der Waals surface area (Å²) in [6, 6.07) is 9.68. The third kappa shape index (κ3) is 16.5. The zero-order chi connectivity index (χ0) is 15.8. The van der Waals surface area contributed by atoms with E-state index >= 15 is 0 Å². The van der Waals surface area contributed by atoms with E-state index in [1.165, 1.54) is 3.81 Å². The maximum absolute atomic E-state index is 5.28. The van der Waals surface area contributed by atoms with Crippen LogP contribution in [0.1, 0.15) is 27.2 Å². The summed E-state index contributed by atoms with van der Waals surface area (Å²) in [6.45, 7) is 6.13. The predicted molar refractivity (Wildman–Crippen MR) is 88.9 cm³/mol. The Morgan fingerprint density at radius 3 is 2.29 bits per heavy atom. The Bertz CT molecular complexity index is 468. The van der Waals surface area contributed by atoms with Crippen LogP contribution in [0.2, 0.25) is 0 Å². The Balaban J connectivity index is 0.000000364. The summed E-state index contributed by atoms with van der Waals surface area (Å²) in [5, 5.41) is 0. The molecule has 21 heavy (non-hydrogen) atoms. The van der Waals surface area contributed by atoms with Gasteiger partial charge < -0.3 is 4.74 Å². The molecule has 0 saturated heterocycles. The van der Waals surface area contributed by atoms with E-state index in [-0.39, 0.29) is 0 Å². The maximum atomic E-state index is 5.28. The van der Waals surface area contributed by atoms with Gasteiger partial charge in [-0.3, -0.25) is 6.08 Å². The molecule has 0 fully saturated rings. The molecule has 2 rings (SSSR count). The van der Waals surface area contributed by atoms with E-state index in [0.29, 0.717) is 0 Å². The molecule has 0 N–H and O–H groups in total. The third-order valence-corrected chi connectivity index (χ3v) is 1.92. The van der Waals surface area contributed by atoms with Gasteiger partial charge in [-0.15, -0.1) is 6.42 Å². The van der Waals surface area contributed by atoms with E-state index in [9.17, 15) is 0 Å². The SMILES string of the molecule is CC=CC=COc1ccccc1.C[C](C)=[Ti+].[C-]1=CC=CC1. The molecule has 0 spiro atoms. The fourth-order valence-electron chi connectivity index (χ4n) is 1.11. The van der Waals surface area contributed by atoms with Crippen LogP contribution in [0.4, 0.5) is 0 Å². The minimum Gasteiger partial charge on any atom is -0.273 e. The van der Waals surface area contributed by atoms with Crippen LogP contribution in [0.25, 0.3) is 0 Å². The first-order valence-corrected chi connectivity index (χ1v) is 7.68. The fourth-order valence-corrected chi connectivity index (χ4v) is 1.11. The van der Waals surface area contributed by atoms with Crippen molar-refractivity contribution >= 4 is 3.81 Å². The molecular weight excluding hydrogens is 292 g/mol. The fraction of sp³-hybridized carbons (Fsp3) is 0.211. The second-order valence-corrected chi connectivity index (χ2v) is 5.85. The van der Waals surface area contributed by atoms with Crippen molar-refractivity contribution in [3.05, 3.63) is 79.1 Å². The van der Waals surface area contributed by atoms with Gasteiger partial charge in [0.25, 0.3) is 0 Å². The summed E-state index contributed by atoms with van der Waals surface area (Å²) < 4.78 is 6.69. The molecule has 1 aromatic rings. The average molecular weight is 315 g/mol. The number of hydrogen-bond donors (Lipinski definition) is 0. The van der Waals surface area contributed by atoms with Gasteiger partial charge in [0.15, 0.2) is 0 Å². The number of ether oxygens (including phenoxy) is 1. The zero-order valence-electron chi connectivity index (χ0n) is 13.0. The van der Waals surface area contributed by atoms with Crippen molar-refractivity contribution in [2.24, 2.45) is 0 Å². The first kappa shape index (κ1) is 19.6. The van der Waals surface area contributed by atoms with E-state index < -0.39 is 0 Å². The largest absolute Gasteiger partial charge is 0.273 e. The van der Waals surface area contributed by atoms with Crippen molar-refractivity contribution in [1.82, 2.24) is 0 Å². The van der Waals surface area contributed by atoms with Gasteiger partial charge >= 0.3 is 37.6 Å². The topological polar surface area (TPSA) is 9.23 Å². The Morgan fingerprint density at radius 1 is 1.19 bits per heavy atom. The van der Waals surface area contributed by atoms with E-state index in [1.807, 2.05) is 67.6 Å². The molecule has 1 aliphatic rings. The van der Waals surface area contributed by atoms with Crippen LogP contribution >= 0.6 is 0 Å². The monoisotopic (exact) mass is 315 g/mol. The summed E-state index contributed by atoms with van der Waals surface area (Å²) in [5.41, 5.74) is 0. The van der Waals surface area contributed by atoms with Crippen molar-refractivity contribution in [3.8, 4) is 5.75 Å². The summed E-state index contributed by atoms with van der Waals surface area (Å²) >= 11 is 2.08. The van der Waals surface area contributed by atoms with Gasteiger partial charge in [0, 0.05) is 0 Å². The van der Waals surface area contributed by atoms with Crippen molar-refractivity contribution in [2.75, 3.05) is 0 Å². The zero-order valence-corrected chi connectivity index (χ0v) is 14.6. The number of para-hydroxylation sites is 1. The van der Waals surface area contributed by atoms with Crippen LogP contribution in [0.5, 0.6) is 5.75 Å². The summed E-state index contributed by atoms with van der Waals surface area (Å²) in [7, 11) is 0. The smallest absolute Gasteiger partial charge is 0.109 e. The minimum absolute atomic E-state index is 0.859. The van der Waals surface area contributed by atoms with Gasteiger partial charge in [-0.05, 0) is 25.1 Å². The van der Waals surface area contributed by atoms with Crippen LogP contribution in [-0.2, 0) is 20.0 Å². The van der Waals surface area contributed by atoms with E-state index in [0.717, 1.165) is 12.2 Å². The number of allylic oxidation sites excluding steroid dienone is 7. The Hall–Kier alpha value is -1.44. The third-order valence-electron chi connectivity index (χ3n) is 1.92. The van der Waals surface area contributed by atoms with Crippen LogP contribution < -0.4 is 4.74 Å². The molecule has 1 aliphatic carbocycles. The molecule has 1 nitrogen and oxygen atoms in total. The average Bonchev–Trinajstić information content (AvgIpc) is 3.04. The van der Waals surface area contributed by atoms with Crippen LogP contribution in [0.15, 0.2) is 73.1 Å². The predicted octanol–water partition coefficient (Wildman–Crippen LogP) is 5.21. The Kier molecular flexibility index (Phi) is 13.9. The first-order valence-electron chi connectivity index (χ1n) is 6.90. The molecule has 0 aliphatic heterocycles. The molecule has 1 aromatic carbocycles. The second-order valence-electron chi connectivity index (χ2n) is 4.29. The van der Waals surface area contributed by atoms with Crippen LogP contribution in [0, 0.1) is 6.08 Å². The standard InChI is InChI=1S/C11H12O.C5H5.C3H6.Ti/c1-2-3-7-10-12-11-8-5-4-6-9-11;1-2-4-5-3-1;1-3-2;/h2-10H,1H3;1-3H,4H2;1-2H3;/q;-1;;+1. The van der Waals surface area contributed by atoms with Crippen molar-refractivity contribution in [3.63, 3.8) is 0 Å². The quantitative estimate of drug-likeness (QED) is 0.322. The molecule has 0 saturated carbocycles. The van der Waals surface area contributed by atoms with Gasteiger partial charge in [-0.2, -0.15) is 6.08 Å². The minimum atomic E-state index is 0.859. The van der Waals surface area contributed by atoms with Gasteiger partial charge in [0.1, 0.15) is 5.75 Å². The first-order chi connectivity index (χ1) is 10.2. The van der Waals surface area contributed by atoms with Crippen molar-refractivity contribution in [2.45, 2.75) is 27.2 Å². The summed E-state index contributed by atoms with van der Waals surface area (Å²) in [4.78, 5) is 0. The molecule has 0 atom stereocenters. The van der Waals surface area contributed by atoms with Gasteiger partial charge in [-0.25, -0.2) is 12.2 Å². The molecular formula is C19H23OTi. The molecule has 0 aromatic heterocycles. The number of rotatable bonds is 3.